The molecule has 2 unspecified atom stereocenters. The van der Waals surface area contributed by atoms with E-state index in [0.29, 0.717) is 11.1 Å². The average molecular weight is 737 g/mol. The van der Waals surface area contributed by atoms with Crippen molar-refractivity contribution in [1.82, 2.24) is 9.97 Å². The molecule has 0 amide bonds. The number of ketones is 2. The molecule has 0 fully saturated rings. The van der Waals surface area contributed by atoms with Crippen molar-refractivity contribution in [3.05, 3.63) is 205 Å². The highest BCUT2D eigenvalue weighted by molar-refractivity contribution is 6.12. The minimum atomic E-state index is -0.541. The smallest absolute Gasteiger partial charge is 0.191 e. The molecule has 0 saturated heterocycles. The summed E-state index contributed by atoms with van der Waals surface area (Å²) in [5.41, 5.74) is 4.61. The molecule has 56 heavy (non-hydrogen) atoms. The van der Waals surface area contributed by atoms with E-state index in [9.17, 15) is 9.59 Å². The van der Waals surface area contributed by atoms with Gasteiger partial charge in [0.15, 0.2) is 11.6 Å². The van der Waals surface area contributed by atoms with E-state index in [1.807, 2.05) is 158 Å². The maximum absolute atomic E-state index is 13.6. The number of benzene rings is 6. The summed E-state index contributed by atoms with van der Waals surface area (Å²) >= 11 is 0. The van der Waals surface area contributed by atoms with Crippen LogP contribution in [0.4, 0.5) is 11.4 Å². The molecule has 0 aliphatic rings. The number of aromatic nitrogens is 2. The van der Waals surface area contributed by atoms with Gasteiger partial charge in [0.1, 0.15) is 23.6 Å². The number of rotatable bonds is 12. The zero-order chi connectivity index (χ0) is 38.7. The predicted molar refractivity (Wildman–Crippen MR) is 224 cm³/mol. The Kier molecular flexibility index (Phi) is 11.7. The molecule has 0 aliphatic heterocycles. The summed E-state index contributed by atoms with van der Waals surface area (Å²) in [6, 6.07) is 49.1. The Morgan fingerprint density at radius 2 is 0.857 bits per heavy atom. The second kappa shape index (κ2) is 17.7. The summed E-state index contributed by atoms with van der Waals surface area (Å²) in [6.07, 6.45) is 6.85. The number of carbonyl (C=O) groups excluding carboxylic acids is 2. The molecular formula is C48H40N4O4. The lowest BCUT2D eigenvalue weighted by atomic mass is 9.95. The summed E-state index contributed by atoms with van der Waals surface area (Å²) in [5.74, 6) is 1.41. The summed E-state index contributed by atoms with van der Waals surface area (Å²) in [7, 11) is 3.25. The number of nitrogens with zero attached hydrogens (tertiary/aromatic N) is 2. The fourth-order valence-electron chi connectivity index (χ4n) is 6.59. The van der Waals surface area contributed by atoms with E-state index < -0.39 is 12.1 Å². The Bertz CT molecular complexity index is 2390. The van der Waals surface area contributed by atoms with Crippen LogP contribution in [0.1, 0.15) is 43.9 Å². The quantitative estimate of drug-likeness (QED) is 0.120. The standard InChI is InChI=1S/2C24H20N2O2/c2*1-28-20-12-7-11-19(14-20)26-23(17-8-3-2-4-9-17)24(27)22-16-25-15-18-10-5-6-13-21(18)22/h2*2-16,23,26H,1H3. The van der Waals surface area contributed by atoms with Gasteiger partial charge in [0.05, 0.1) is 14.2 Å². The number of pyridine rings is 2. The van der Waals surface area contributed by atoms with Gasteiger partial charge in [-0.3, -0.25) is 19.6 Å². The predicted octanol–water partition coefficient (Wildman–Crippen LogP) is 10.6. The van der Waals surface area contributed by atoms with Crippen LogP contribution in [-0.2, 0) is 0 Å². The van der Waals surface area contributed by atoms with Crippen molar-refractivity contribution < 1.29 is 19.1 Å². The molecule has 2 atom stereocenters. The van der Waals surface area contributed by atoms with Crippen LogP contribution in [0.25, 0.3) is 21.5 Å². The fourth-order valence-corrected chi connectivity index (χ4v) is 6.59. The molecule has 8 heteroatoms. The van der Waals surface area contributed by atoms with Crippen molar-refractivity contribution in [2.75, 3.05) is 24.9 Å². The van der Waals surface area contributed by atoms with Gasteiger partial charge in [0, 0.05) is 70.2 Å². The SMILES string of the molecule is COc1cccc(NC(C(=O)c2cncc3ccccc23)c2ccccc2)c1.COc1cccc(NC(C(=O)c2cncc3ccccc23)c2ccccc2)c1. The number of hydrogen-bond donors (Lipinski definition) is 2. The third-order valence-electron chi connectivity index (χ3n) is 9.42. The van der Waals surface area contributed by atoms with Crippen LogP contribution in [0.5, 0.6) is 11.5 Å². The molecular weight excluding hydrogens is 697 g/mol. The Morgan fingerprint density at radius 3 is 1.27 bits per heavy atom. The van der Waals surface area contributed by atoms with Crippen LogP contribution in [-0.4, -0.2) is 35.8 Å². The third-order valence-corrected chi connectivity index (χ3v) is 9.42. The molecule has 0 saturated carbocycles. The van der Waals surface area contributed by atoms with Crippen molar-refractivity contribution in [3.8, 4) is 11.5 Å². The van der Waals surface area contributed by atoms with E-state index in [1.165, 1.54) is 0 Å². The molecule has 0 radical (unpaired) electrons. The maximum atomic E-state index is 13.6. The van der Waals surface area contributed by atoms with Crippen LogP contribution < -0.4 is 20.1 Å². The Morgan fingerprint density at radius 1 is 0.464 bits per heavy atom. The van der Waals surface area contributed by atoms with E-state index in [2.05, 4.69) is 20.6 Å². The average Bonchev–Trinajstić information content (AvgIpc) is 3.27. The molecule has 2 aromatic heterocycles. The number of nitrogens with one attached hydrogen (secondary N) is 2. The summed E-state index contributed by atoms with van der Waals surface area (Å²) in [5, 5.41) is 10.4. The summed E-state index contributed by atoms with van der Waals surface area (Å²) in [6.45, 7) is 0. The molecule has 8 nitrogen and oxygen atoms in total. The molecule has 0 aliphatic carbocycles. The van der Waals surface area contributed by atoms with Gasteiger partial charge in [-0.1, -0.05) is 121 Å². The zero-order valence-electron chi connectivity index (χ0n) is 31.0. The Labute approximate surface area is 325 Å². The topological polar surface area (TPSA) is 102 Å². The van der Waals surface area contributed by atoms with Crippen LogP contribution in [0, 0.1) is 0 Å². The van der Waals surface area contributed by atoms with Crippen LogP contribution in [0.2, 0.25) is 0 Å². The maximum Gasteiger partial charge on any atom is 0.191 e. The fraction of sp³-hybridized carbons (Fsp3) is 0.0833. The molecule has 8 aromatic rings. The summed E-state index contributed by atoms with van der Waals surface area (Å²) < 4.78 is 10.6. The van der Waals surface area contributed by atoms with Gasteiger partial charge >= 0.3 is 0 Å². The second-order valence-electron chi connectivity index (χ2n) is 13.0. The second-order valence-corrected chi connectivity index (χ2v) is 13.0. The van der Waals surface area contributed by atoms with Gasteiger partial charge in [-0.2, -0.15) is 0 Å². The van der Waals surface area contributed by atoms with E-state index >= 15 is 0 Å². The van der Waals surface area contributed by atoms with Crippen LogP contribution >= 0.6 is 0 Å². The van der Waals surface area contributed by atoms with Crippen molar-refractivity contribution >= 4 is 44.5 Å². The first-order valence-corrected chi connectivity index (χ1v) is 18.2. The number of hydrogen-bond acceptors (Lipinski definition) is 8. The van der Waals surface area contributed by atoms with Gasteiger partial charge in [0.2, 0.25) is 0 Å². The molecule has 0 bridgehead atoms. The Balaban J connectivity index is 0.000000172. The number of Topliss-reactive ketones (excluding diaryl/α,β-unsaturated/α-hetero) is 2. The first-order chi connectivity index (χ1) is 27.5. The van der Waals surface area contributed by atoms with E-state index in [1.54, 1.807) is 39.0 Å². The lowest BCUT2D eigenvalue weighted by Gasteiger charge is -2.20. The zero-order valence-corrected chi connectivity index (χ0v) is 31.0. The first-order valence-electron chi connectivity index (χ1n) is 18.2. The number of anilines is 2. The minimum Gasteiger partial charge on any atom is -0.497 e. The molecule has 2 N–H and O–H groups in total. The van der Waals surface area contributed by atoms with E-state index in [0.717, 1.165) is 55.5 Å². The molecule has 276 valence electrons. The van der Waals surface area contributed by atoms with Gasteiger partial charge < -0.3 is 20.1 Å². The highest BCUT2D eigenvalue weighted by Gasteiger charge is 2.25. The minimum absolute atomic E-state index is 0.0293. The van der Waals surface area contributed by atoms with Crippen LogP contribution in [0.15, 0.2) is 183 Å². The van der Waals surface area contributed by atoms with Gasteiger partial charge in [0.25, 0.3) is 0 Å². The van der Waals surface area contributed by atoms with Gasteiger partial charge in [-0.15, -0.1) is 0 Å². The Hall–Kier alpha value is -7.32. The highest BCUT2D eigenvalue weighted by Crippen LogP contribution is 2.30. The molecule has 6 aromatic carbocycles. The van der Waals surface area contributed by atoms with Gasteiger partial charge in [-0.25, -0.2) is 0 Å². The largest absolute Gasteiger partial charge is 0.497 e. The van der Waals surface area contributed by atoms with Crippen molar-refractivity contribution in [2.45, 2.75) is 12.1 Å². The molecule has 8 rings (SSSR count). The van der Waals surface area contributed by atoms with Crippen molar-refractivity contribution in [1.29, 1.82) is 0 Å². The lowest BCUT2D eigenvalue weighted by molar-refractivity contribution is 0.0963. The molecule has 0 spiro atoms. The first kappa shape index (κ1) is 37.0. The number of ether oxygens (including phenoxy) is 2. The van der Waals surface area contributed by atoms with E-state index in [4.69, 9.17) is 9.47 Å². The molecule has 2 heterocycles. The van der Waals surface area contributed by atoms with Crippen LogP contribution in [0.3, 0.4) is 0 Å². The highest BCUT2D eigenvalue weighted by atomic mass is 16.5. The lowest BCUT2D eigenvalue weighted by Crippen LogP contribution is -2.21. The number of carbonyl (C=O) groups is 2. The van der Waals surface area contributed by atoms with E-state index in [-0.39, 0.29) is 11.6 Å². The number of methoxy groups -OCH3 is 2. The monoisotopic (exact) mass is 736 g/mol. The summed E-state index contributed by atoms with van der Waals surface area (Å²) in [4.78, 5) is 35.7. The number of fused-ring (bicyclic) bond motifs is 2. The van der Waals surface area contributed by atoms with Crippen molar-refractivity contribution in [2.24, 2.45) is 0 Å². The van der Waals surface area contributed by atoms with Gasteiger partial charge in [-0.05, 0) is 46.2 Å². The third kappa shape index (κ3) is 8.56. The van der Waals surface area contributed by atoms with Crippen molar-refractivity contribution in [3.63, 3.8) is 0 Å². The normalized spacial score (nSPS) is 11.8.